The van der Waals surface area contributed by atoms with Crippen LogP contribution in [-0.2, 0) is 0 Å². The average Bonchev–Trinajstić information content (AvgIpc) is 2.92. The Balaban J connectivity index is 2.19. The number of aromatic nitrogens is 4. The molecule has 0 spiro atoms. The summed E-state index contributed by atoms with van der Waals surface area (Å²) in [5.74, 6) is -0.0764. The van der Waals surface area contributed by atoms with Gasteiger partial charge in [-0.15, -0.1) is 10.2 Å². The van der Waals surface area contributed by atoms with Crippen LogP contribution in [0, 0.1) is 12.7 Å². The zero-order valence-electron chi connectivity index (χ0n) is 11.9. The van der Waals surface area contributed by atoms with Gasteiger partial charge in [0, 0.05) is 4.47 Å². The van der Waals surface area contributed by atoms with Crippen LogP contribution >= 0.6 is 27.5 Å². The number of nitrogens with zero attached hydrogens (tertiary/aromatic N) is 4. The van der Waals surface area contributed by atoms with Crippen LogP contribution in [0.3, 0.4) is 0 Å². The molecule has 0 amide bonds. The van der Waals surface area contributed by atoms with Crippen LogP contribution in [0.5, 0.6) is 0 Å². The third-order valence-electron chi connectivity index (χ3n) is 3.64. The monoisotopic (exact) mass is 390 g/mol. The van der Waals surface area contributed by atoms with E-state index >= 15 is 0 Å². The van der Waals surface area contributed by atoms with Crippen molar-refractivity contribution in [3.63, 3.8) is 0 Å². The summed E-state index contributed by atoms with van der Waals surface area (Å²) in [6.45, 7) is 1.84. The molecular weight excluding hydrogens is 383 g/mol. The lowest BCUT2D eigenvalue weighted by Crippen LogP contribution is -1.99. The van der Waals surface area contributed by atoms with Gasteiger partial charge in [0.25, 0.3) is 0 Å². The number of halogens is 3. The van der Waals surface area contributed by atoms with Gasteiger partial charge in [-0.3, -0.25) is 4.40 Å². The standard InChI is InChI=1S/C16H9BrClFN4/c1-8-15-21-22-16(14-10(18)3-2-4-11(14)19)23(15)13-6-5-9(17)7-12(13)20-8/h2-7H,1H3. The van der Waals surface area contributed by atoms with E-state index in [1.165, 1.54) is 6.07 Å². The Labute approximate surface area is 144 Å². The van der Waals surface area contributed by atoms with Gasteiger partial charge in [-0.2, -0.15) is 0 Å². The third-order valence-corrected chi connectivity index (χ3v) is 4.45. The van der Waals surface area contributed by atoms with E-state index in [9.17, 15) is 4.39 Å². The van der Waals surface area contributed by atoms with Crippen LogP contribution in [0.25, 0.3) is 28.1 Å². The summed E-state index contributed by atoms with van der Waals surface area (Å²) in [5.41, 5.74) is 3.07. The first-order valence-electron chi connectivity index (χ1n) is 6.81. The van der Waals surface area contributed by atoms with Gasteiger partial charge in [0.2, 0.25) is 0 Å². The van der Waals surface area contributed by atoms with Crippen molar-refractivity contribution in [2.24, 2.45) is 0 Å². The topological polar surface area (TPSA) is 43.1 Å². The number of hydrogen-bond donors (Lipinski definition) is 0. The maximum absolute atomic E-state index is 14.3. The van der Waals surface area contributed by atoms with Crippen molar-refractivity contribution in [2.45, 2.75) is 6.92 Å². The second-order valence-electron chi connectivity index (χ2n) is 5.11. The molecule has 0 aliphatic carbocycles. The number of benzene rings is 2. The lowest BCUT2D eigenvalue weighted by atomic mass is 10.2. The van der Waals surface area contributed by atoms with Crippen molar-refractivity contribution in [2.75, 3.05) is 0 Å². The van der Waals surface area contributed by atoms with E-state index in [1.807, 2.05) is 25.1 Å². The lowest BCUT2D eigenvalue weighted by Gasteiger charge is -2.08. The normalized spacial score (nSPS) is 11.5. The molecule has 2 aromatic carbocycles. The summed E-state index contributed by atoms with van der Waals surface area (Å²) in [6.07, 6.45) is 0. The first-order valence-corrected chi connectivity index (χ1v) is 7.99. The molecule has 0 bridgehead atoms. The highest BCUT2D eigenvalue weighted by Gasteiger charge is 2.19. The molecule has 0 aliphatic rings. The highest BCUT2D eigenvalue weighted by Crippen LogP contribution is 2.32. The smallest absolute Gasteiger partial charge is 0.183 e. The van der Waals surface area contributed by atoms with Crippen LogP contribution in [0.1, 0.15) is 5.69 Å². The average molecular weight is 392 g/mol. The molecule has 0 atom stereocenters. The summed E-state index contributed by atoms with van der Waals surface area (Å²) in [4.78, 5) is 4.54. The number of fused-ring (bicyclic) bond motifs is 3. The fraction of sp³-hybridized carbons (Fsp3) is 0.0625. The molecule has 4 rings (SSSR count). The van der Waals surface area contributed by atoms with Gasteiger partial charge >= 0.3 is 0 Å². The zero-order chi connectivity index (χ0) is 16.1. The zero-order valence-corrected chi connectivity index (χ0v) is 14.2. The molecule has 4 aromatic rings. The van der Waals surface area contributed by atoms with Crippen molar-refractivity contribution in [1.82, 2.24) is 19.6 Å². The van der Waals surface area contributed by atoms with E-state index in [0.717, 1.165) is 15.5 Å². The number of rotatable bonds is 1. The fourth-order valence-electron chi connectivity index (χ4n) is 2.63. The second-order valence-corrected chi connectivity index (χ2v) is 6.43. The van der Waals surface area contributed by atoms with E-state index in [-0.39, 0.29) is 5.56 Å². The molecule has 0 unspecified atom stereocenters. The largest absolute Gasteiger partial charge is 0.272 e. The van der Waals surface area contributed by atoms with E-state index in [0.29, 0.717) is 22.2 Å². The number of aryl methyl sites for hydroxylation is 1. The summed E-state index contributed by atoms with van der Waals surface area (Å²) in [5, 5.41) is 8.61. The van der Waals surface area contributed by atoms with Gasteiger partial charge < -0.3 is 0 Å². The minimum atomic E-state index is -0.438. The summed E-state index contributed by atoms with van der Waals surface area (Å²) < 4.78 is 17.0. The highest BCUT2D eigenvalue weighted by molar-refractivity contribution is 9.10. The minimum absolute atomic E-state index is 0.233. The first kappa shape index (κ1) is 14.5. The molecule has 0 N–H and O–H groups in total. The first-order chi connectivity index (χ1) is 11.1. The van der Waals surface area contributed by atoms with Crippen molar-refractivity contribution in [3.8, 4) is 11.4 Å². The maximum Gasteiger partial charge on any atom is 0.183 e. The van der Waals surface area contributed by atoms with Crippen molar-refractivity contribution in [1.29, 1.82) is 0 Å². The molecule has 114 valence electrons. The van der Waals surface area contributed by atoms with Gasteiger partial charge in [-0.05, 0) is 37.3 Å². The molecule has 0 aliphatic heterocycles. The molecular formula is C16H9BrClFN4. The molecule has 0 fully saturated rings. The number of hydrogen-bond acceptors (Lipinski definition) is 3. The Morgan fingerprint density at radius 3 is 2.78 bits per heavy atom. The van der Waals surface area contributed by atoms with E-state index < -0.39 is 5.82 Å². The van der Waals surface area contributed by atoms with Crippen LogP contribution in [0.4, 0.5) is 4.39 Å². The van der Waals surface area contributed by atoms with Crippen molar-refractivity contribution < 1.29 is 4.39 Å². The van der Waals surface area contributed by atoms with Gasteiger partial charge in [0.05, 0.1) is 27.3 Å². The summed E-state index contributed by atoms with van der Waals surface area (Å²) in [7, 11) is 0. The maximum atomic E-state index is 14.3. The van der Waals surface area contributed by atoms with Crippen molar-refractivity contribution >= 4 is 44.2 Å². The molecule has 23 heavy (non-hydrogen) atoms. The van der Waals surface area contributed by atoms with Gasteiger partial charge in [-0.25, -0.2) is 9.37 Å². The Hall–Kier alpha value is -2.05. The predicted octanol–water partition coefficient (Wildman–Crippen LogP) is 4.81. The molecule has 7 heteroatoms. The Morgan fingerprint density at radius 2 is 2.00 bits per heavy atom. The quantitative estimate of drug-likeness (QED) is 0.468. The highest BCUT2D eigenvalue weighted by atomic mass is 79.9. The summed E-state index contributed by atoms with van der Waals surface area (Å²) >= 11 is 9.63. The SMILES string of the molecule is Cc1nc2cc(Br)ccc2n2c(-c3c(F)cccc3Cl)nnc12. The minimum Gasteiger partial charge on any atom is -0.272 e. The van der Waals surface area contributed by atoms with Crippen LogP contribution in [0.15, 0.2) is 40.9 Å². The van der Waals surface area contributed by atoms with Gasteiger partial charge in [0.1, 0.15) is 5.82 Å². The van der Waals surface area contributed by atoms with Crippen LogP contribution in [0.2, 0.25) is 5.02 Å². The molecule has 2 aromatic heterocycles. The molecule has 0 saturated heterocycles. The van der Waals surface area contributed by atoms with Crippen LogP contribution < -0.4 is 0 Å². The molecule has 4 nitrogen and oxygen atoms in total. The van der Waals surface area contributed by atoms with Crippen LogP contribution in [-0.4, -0.2) is 19.6 Å². The van der Waals surface area contributed by atoms with Gasteiger partial charge in [-0.1, -0.05) is 33.6 Å². The molecule has 0 saturated carbocycles. The lowest BCUT2D eigenvalue weighted by molar-refractivity contribution is 0.630. The Morgan fingerprint density at radius 1 is 1.17 bits per heavy atom. The van der Waals surface area contributed by atoms with E-state index in [4.69, 9.17) is 11.6 Å². The van der Waals surface area contributed by atoms with Gasteiger partial charge in [0.15, 0.2) is 11.5 Å². The Bertz CT molecular complexity index is 1060. The van der Waals surface area contributed by atoms with E-state index in [2.05, 4.69) is 31.1 Å². The fourth-order valence-corrected chi connectivity index (χ4v) is 3.22. The van der Waals surface area contributed by atoms with Crippen molar-refractivity contribution in [3.05, 3.63) is 57.4 Å². The third kappa shape index (κ3) is 2.21. The predicted molar refractivity (Wildman–Crippen MR) is 91.1 cm³/mol. The molecule has 2 heterocycles. The second kappa shape index (κ2) is 5.25. The molecule has 0 radical (unpaired) electrons. The summed E-state index contributed by atoms with van der Waals surface area (Å²) in [6, 6.07) is 10.2. The van der Waals surface area contributed by atoms with E-state index in [1.54, 1.807) is 16.5 Å². The Kier molecular flexibility index (Phi) is 3.32.